The molecule has 17 heavy (non-hydrogen) atoms. The number of alkyl halides is 1. The van der Waals surface area contributed by atoms with Crippen molar-refractivity contribution in [2.75, 3.05) is 0 Å². The van der Waals surface area contributed by atoms with Crippen molar-refractivity contribution in [2.24, 2.45) is 11.8 Å². The summed E-state index contributed by atoms with van der Waals surface area (Å²) in [5, 5.41) is 0.388. The van der Waals surface area contributed by atoms with Crippen LogP contribution in [0.15, 0.2) is 24.3 Å². The van der Waals surface area contributed by atoms with Gasteiger partial charge in [-0.25, -0.2) is 0 Å². The van der Waals surface area contributed by atoms with Crippen molar-refractivity contribution in [3.63, 3.8) is 0 Å². The van der Waals surface area contributed by atoms with Crippen LogP contribution < -0.4 is 0 Å². The molecule has 0 radical (unpaired) electrons. The molecule has 1 aliphatic rings. The lowest BCUT2D eigenvalue weighted by Gasteiger charge is -2.32. The van der Waals surface area contributed by atoms with Crippen molar-refractivity contribution < 1.29 is 0 Å². The summed E-state index contributed by atoms with van der Waals surface area (Å²) in [6, 6.07) is 8.93. The lowest BCUT2D eigenvalue weighted by Crippen LogP contribution is -2.26. The van der Waals surface area contributed by atoms with E-state index in [0.717, 1.165) is 12.3 Å². The molecule has 2 rings (SSSR count). The van der Waals surface area contributed by atoms with Gasteiger partial charge in [-0.1, -0.05) is 43.2 Å². The van der Waals surface area contributed by atoms with E-state index >= 15 is 0 Å². The molecule has 0 aromatic heterocycles. The zero-order valence-electron chi connectivity index (χ0n) is 11.0. The summed E-state index contributed by atoms with van der Waals surface area (Å²) in [5.41, 5.74) is 2.79. The third kappa shape index (κ3) is 3.48. The molecule has 1 fully saturated rings. The number of hydrogen-bond donors (Lipinski definition) is 0. The summed E-state index contributed by atoms with van der Waals surface area (Å²) in [5.74, 6) is 1.58. The van der Waals surface area contributed by atoms with Crippen LogP contribution in [0.1, 0.15) is 43.7 Å². The lowest BCUT2D eigenvalue weighted by molar-refractivity contribution is 0.265. The van der Waals surface area contributed by atoms with Gasteiger partial charge in [0.2, 0.25) is 0 Å². The molecule has 0 saturated heterocycles. The summed E-state index contributed by atoms with van der Waals surface area (Å²) in [4.78, 5) is 0. The quantitative estimate of drug-likeness (QED) is 0.665. The van der Waals surface area contributed by atoms with Crippen LogP contribution in [0, 0.1) is 18.8 Å². The van der Waals surface area contributed by atoms with Crippen LogP contribution in [-0.2, 0) is 6.42 Å². The minimum absolute atomic E-state index is 0.388. The number of hydrogen-bond acceptors (Lipinski definition) is 0. The van der Waals surface area contributed by atoms with Crippen molar-refractivity contribution >= 4 is 11.6 Å². The fraction of sp³-hybridized carbons (Fsp3) is 0.625. The zero-order valence-corrected chi connectivity index (χ0v) is 11.7. The van der Waals surface area contributed by atoms with Crippen LogP contribution >= 0.6 is 11.6 Å². The number of benzene rings is 1. The van der Waals surface area contributed by atoms with E-state index in [-0.39, 0.29) is 0 Å². The van der Waals surface area contributed by atoms with E-state index in [1.54, 1.807) is 0 Å². The standard InChI is InChI=1S/C16H23Cl/c1-3-13-8-9-16(17)15(10-13)11-14-6-4-12(2)5-7-14/h4-7,13,15-16H,3,8-11H2,1-2H3. The van der Waals surface area contributed by atoms with Crippen molar-refractivity contribution in [3.05, 3.63) is 35.4 Å². The lowest BCUT2D eigenvalue weighted by atomic mass is 9.77. The van der Waals surface area contributed by atoms with Crippen molar-refractivity contribution in [1.29, 1.82) is 0 Å². The fourth-order valence-corrected chi connectivity index (χ4v) is 3.25. The first-order chi connectivity index (χ1) is 8.19. The van der Waals surface area contributed by atoms with Gasteiger partial charge in [-0.05, 0) is 50.0 Å². The van der Waals surface area contributed by atoms with Gasteiger partial charge in [0.05, 0.1) is 0 Å². The van der Waals surface area contributed by atoms with E-state index in [4.69, 9.17) is 11.6 Å². The Labute approximate surface area is 110 Å². The van der Waals surface area contributed by atoms with Crippen LogP contribution in [0.5, 0.6) is 0 Å². The Morgan fingerprint density at radius 1 is 1.18 bits per heavy atom. The second-order valence-corrected chi connectivity index (χ2v) is 6.11. The third-order valence-electron chi connectivity index (χ3n) is 4.19. The first-order valence-corrected chi connectivity index (χ1v) is 7.32. The fourth-order valence-electron chi connectivity index (χ4n) is 2.93. The van der Waals surface area contributed by atoms with E-state index in [9.17, 15) is 0 Å². The highest BCUT2D eigenvalue weighted by Gasteiger charge is 2.28. The average molecular weight is 251 g/mol. The van der Waals surface area contributed by atoms with Gasteiger partial charge in [0.25, 0.3) is 0 Å². The zero-order chi connectivity index (χ0) is 12.3. The maximum Gasteiger partial charge on any atom is 0.0367 e. The molecule has 1 heteroatoms. The van der Waals surface area contributed by atoms with Gasteiger partial charge in [0.1, 0.15) is 0 Å². The summed E-state index contributed by atoms with van der Waals surface area (Å²) in [7, 11) is 0. The van der Waals surface area contributed by atoms with Gasteiger partial charge >= 0.3 is 0 Å². The van der Waals surface area contributed by atoms with Gasteiger partial charge in [-0.2, -0.15) is 0 Å². The molecule has 1 aromatic carbocycles. The Morgan fingerprint density at radius 2 is 1.88 bits per heavy atom. The minimum atomic E-state index is 0.388. The van der Waals surface area contributed by atoms with E-state index in [1.807, 2.05) is 0 Å². The molecule has 0 N–H and O–H groups in total. The molecule has 3 atom stereocenters. The Bertz CT molecular complexity index is 341. The molecular weight excluding hydrogens is 228 g/mol. The maximum atomic E-state index is 6.49. The van der Waals surface area contributed by atoms with Crippen molar-refractivity contribution in [1.82, 2.24) is 0 Å². The Hall–Kier alpha value is -0.490. The molecule has 94 valence electrons. The second-order valence-electron chi connectivity index (χ2n) is 5.55. The summed E-state index contributed by atoms with van der Waals surface area (Å²) >= 11 is 6.49. The predicted octanol–water partition coefficient (Wildman–Crippen LogP) is 4.97. The van der Waals surface area contributed by atoms with E-state index < -0.39 is 0 Å². The molecule has 3 unspecified atom stereocenters. The molecular formula is C16H23Cl. The highest BCUT2D eigenvalue weighted by atomic mass is 35.5. The molecule has 0 spiro atoms. The number of aryl methyl sites for hydroxylation is 1. The van der Waals surface area contributed by atoms with E-state index in [0.29, 0.717) is 11.3 Å². The van der Waals surface area contributed by atoms with Crippen LogP contribution in [0.4, 0.5) is 0 Å². The summed E-state index contributed by atoms with van der Waals surface area (Å²) in [6.45, 7) is 4.45. The van der Waals surface area contributed by atoms with Crippen LogP contribution in [-0.4, -0.2) is 5.38 Å². The molecule has 1 saturated carbocycles. The normalized spacial score (nSPS) is 29.2. The van der Waals surface area contributed by atoms with Gasteiger partial charge in [0.15, 0.2) is 0 Å². The Balaban J connectivity index is 1.98. The van der Waals surface area contributed by atoms with Crippen molar-refractivity contribution in [2.45, 2.75) is 51.3 Å². The monoisotopic (exact) mass is 250 g/mol. The van der Waals surface area contributed by atoms with Gasteiger partial charge in [-0.15, -0.1) is 11.6 Å². The molecule has 0 nitrogen and oxygen atoms in total. The molecule has 0 bridgehead atoms. The Morgan fingerprint density at radius 3 is 2.53 bits per heavy atom. The predicted molar refractivity (Wildman–Crippen MR) is 75.6 cm³/mol. The first kappa shape index (κ1) is 13.0. The van der Waals surface area contributed by atoms with Crippen LogP contribution in [0.25, 0.3) is 0 Å². The minimum Gasteiger partial charge on any atom is -0.123 e. The van der Waals surface area contributed by atoms with Gasteiger partial charge in [0, 0.05) is 5.38 Å². The largest absolute Gasteiger partial charge is 0.123 e. The molecule has 0 heterocycles. The number of halogens is 1. The average Bonchev–Trinajstić information content (AvgIpc) is 2.35. The van der Waals surface area contributed by atoms with Crippen LogP contribution in [0.3, 0.4) is 0 Å². The third-order valence-corrected chi connectivity index (χ3v) is 4.77. The molecule has 0 amide bonds. The topological polar surface area (TPSA) is 0 Å². The van der Waals surface area contributed by atoms with Crippen molar-refractivity contribution in [3.8, 4) is 0 Å². The smallest absolute Gasteiger partial charge is 0.0367 e. The molecule has 1 aromatic rings. The number of rotatable bonds is 3. The van der Waals surface area contributed by atoms with Crippen LogP contribution in [0.2, 0.25) is 0 Å². The van der Waals surface area contributed by atoms with E-state index in [2.05, 4.69) is 38.1 Å². The molecule has 1 aliphatic carbocycles. The van der Waals surface area contributed by atoms with E-state index in [1.165, 1.54) is 36.8 Å². The van der Waals surface area contributed by atoms with Gasteiger partial charge < -0.3 is 0 Å². The Kier molecular flexibility index (Phi) is 4.50. The first-order valence-electron chi connectivity index (χ1n) is 6.88. The summed E-state index contributed by atoms with van der Waals surface area (Å²) in [6.07, 6.45) is 6.32. The summed E-state index contributed by atoms with van der Waals surface area (Å²) < 4.78 is 0. The van der Waals surface area contributed by atoms with Gasteiger partial charge in [-0.3, -0.25) is 0 Å². The highest BCUT2D eigenvalue weighted by Crippen LogP contribution is 2.36. The maximum absolute atomic E-state index is 6.49. The molecule has 0 aliphatic heterocycles. The second kappa shape index (κ2) is 5.91. The SMILES string of the molecule is CCC1CCC(Cl)C(Cc2ccc(C)cc2)C1. The highest BCUT2D eigenvalue weighted by molar-refractivity contribution is 6.20.